The Bertz CT molecular complexity index is 444. The number of nitrogens with one attached hydrogen (secondary N) is 1. The quantitative estimate of drug-likeness (QED) is 0.643. The van der Waals surface area contributed by atoms with Gasteiger partial charge in [0.2, 0.25) is 5.91 Å². The van der Waals surface area contributed by atoms with Crippen molar-refractivity contribution in [3.8, 4) is 11.5 Å². The molecule has 6 heteroatoms. The normalized spacial score (nSPS) is 9.95. The van der Waals surface area contributed by atoms with E-state index in [1.807, 2.05) is 0 Å². The zero-order valence-corrected chi connectivity index (χ0v) is 12.1. The summed E-state index contributed by atoms with van der Waals surface area (Å²) in [5.74, 6) is 0.527. The van der Waals surface area contributed by atoms with Crippen LogP contribution in [-0.4, -0.2) is 37.2 Å². The maximum atomic E-state index is 11.5. The minimum Gasteiger partial charge on any atom is -0.497 e. The fraction of sp³-hybridized carbons (Fsp3) is 0.467. The Labute approximate surface area is 124 Å². The Kier molecular flexibility index (Phi) is 7.71. The van der Waals surface area contributed by atoms with Crippen molar-refractivity contribution in [1.82, 2.24) is 5.32 Å². The fourth-order valence-electron chi connectivity index (χ4n) is 1.65. The van der Waals surface area contributed by atoms with Crippen molar-refractivity contribution in [2.45, 2.75) is 25.7 Å². The van der Waals surface area contributed by atoms with Gasteiger partial charge in [0.05, 0.1) is 20.1 Å². The van der Waals surface area contributed by atoms with E-state index in [9.17, 15) is 9.59 Å². The van der Waals surface area contributed by atoms with Crippen LogP contribution >= 0.6 is 0 Å². The van der Waals surface area contributed by atoms with Gasteiger partial charge in [0.25, 0.3) is 0 Å². The maximum absolute atomic E-state index is 11.5. The fourth-order valence-corrected chi connectivity index (χ4v) is 1.65. The summed E-state index contributed by atoms with van der Waals surface area (Å²) in [6, 6.07) is 7.14. The first-order valence-electron chi connectivity index (χ1n) is 6.87. The number of hydrogen-bond donors (Lipinski definition) is 2. The van der Waals surface area contributed by atoms with E-state index in [1.165, 1.54) is 0 Å². The van der Waals surface area contributed by atoms with E-state index >= 15 is 0 Å². The van der Waals surface area contributed by atoms with Crippen molar-refractivity contribution < 1.29 is 24.2 Å². The molecule has 0 spiro atoms. The molecule has 1 aromatic carbocycles. The smallest absolute Gasteiger partial charge is 0.303 e. The van der Waals surface area contributed by atoms with Gasteiger partial charge in [-0.3, -0.25) is 9.59 Å². The van der Waals surface area contributed by atoms with Gasteiger partial charge in [0.1, 0.15) is 11.5 Å². The summed E-state index contributed by atoms with van der Waals surface area (Å²) in [7, 11) is 1.59. The van der Waals surface area contributed by atoms with Crippen molar-refractivity contribution in [2.24, 2.45) is 0 Å². The lowest BCUT2D eigenvalue weighted by Gasteiger charge is -2.07. The second-order valence-corrected chi connectivity index (χ2v) is 4.47. The molecule has 0 heterocycles. The number of benzene rings is 1. The molecule has 1 amide bonds. The molecule has 0 aliphatic rings. The summed E-state index contributed by atoms with van der Waals surface area (Å²) in [5.41, 5.74) is 0. The Morgan fingerprint density at radius 2 is 1.76 bits per heavy atom. The van der Waals surface area contributed by atoms with Crippen molar-refractivity contribution >= 4 is 11.9 Å². The Morgan fingerprint density at radius 1 is 1.10 bits per heavy atom. The first kappa shape index (κ1) is 16.8. The standard InChI is InChI=1S/C15H21NO5/c1-20-12-5-7-13(8-6-12)21-11-9-14(17)16-10-3-2-4-15(18)19/h5-8H,2-4,9-11H2,1H3,(H,16,17)(H,18,19). The summed E-state index contributed by atoms with van der Waals surface area (Å²) < 4.78 is 10.5. The molecule has 6 nitrogen and oxygen atoms in total. The van der Waals surface area contributed by atoms with Crippen LogP contribution in [0.2, 0.25) is 0 Å². The number of carboxylic acid groups (broad SMARTS) is 1. The molecule has 1 rings (SSSR count). The lowest BCUT2D eigenvalue weighted by atomic mass is 10.2. The number of amides is 1. The molecule has 21 heavy (non-hydrogen) atoms. The van der Waals surface area contributed by atoms with Crippen LogP contribution in [0.25, 0.3) is 0 Å². The van der Waals surface area contributed by atoms with E-state index in [2.05, 4.69) is 5.32 Å². The molecule has 0 radical (unpaired) electrons. The number of carboxylic acids is 1. The van der Waals surface area contributed by atoms with E-state index in [-0.39, 0.29) is 18.7 Å². The lowest BCUT2D eigenvalue weighted by molar-refractivity contribution is -0.137. The molecule has 1 aromatic rings. The molecular weight excluding hydrogens is 274 g/mol. The highest BCUT2D eigenvalue weighted by molar-refractivity contribution is 5.75. The number of hydrogen-bond acceptors (Lipinski definition) is 4. The van der Waals surface area contributed by atoms with Crippen LogP contribution < -0.4 is 14.8 Å². The molecule has 0 aliphatic heterocycles. The number of carbonyl (C=O) groups excluding carboxylic acids is 1. The number of aliphatic carboxylic acids is 1. The van der Waals surface area contributed by atoms with E-state index < -0.39 is 5.97 Å². The van der Waals surface area contributed by atoms with Gasteiger partial charge >= 0.3 is 5.97 Å². The summed E-state index contributed by atoms with van der Waals surface area (Å²) in [6.07, 6.45) is 1.64. The summed E-state index contributed by atoms with van der Waals surface area (Å²) in [5, 5.41) is 11.2. The molecule has 0 saturated heterocycles. The highest BCUT2D eigenvalue weighted by Crippen LogP contribution is 2.16. The van der Waals surface area contributed by atoms with Crippen LogP contribution in [0.1, 0.15) is 25.7 Å². The largest absolute Gasteiger partial charge is 0.497 e. The molecule has 0 aliphatic carbocycles. The molecule has 0 unspecified atom stereocenters. The minimum atomic E-state index is -0.811. The van der Waals surface area contributed by atoms with Gasteiger partial charge in [-0.1, -0.05) is 0 Å². The van der Waals surface area contributed by atoms with Crippen molar-refractivity contribution in [3.05, 3.63) is 24.3 Å². The van der Waals surface area contributed by atoms with Gasteiger partial charge in [0, 0.05) is 13.0 Å². The lowest BCUT2D eigenvalue weighted by Crippen LogP contribution is -2.26. The van der Waals surface area contributed by atoms with Gasteiger partial charge in [0.15, 0.2) is 0 Å². The van der Waals surface area contributed by atoms with E-state index in [1.54, 1.807) is 31.4 Å². The average molecular weight is 295 g/mol. The highest BCUT2D eigenvalue weighted by atomic mass is 16.5. The second-order valence-electron chi connectivity index (χ2n) is 4.47. The van der Waals surface area contributed by atoms with Gasteiger partial charge < -0.3 is 19.9 Å². The zero-order chi connectivity index (χ0) is 15.5. The zero-order valence-electron chi connectivity index (χ0n) is 12.1. The molecule has 116 valence electrons. The predicted molar refractivity (Wildman–Crippen MR) is 77.6 cm³/mol. The van der Waals surface area contributed by atoms with Crippen LogP contribution in [0.3, 0.4) is 0 Å². The third-order valence-electron chi connectivity index (χ3n) is 2.80. The topological polar surface area (TPSA) is 84.9 Å². The maximum Gasteiger partial charge on any atom is 0.303 e. The number of carbonyl (C=O) groups is 2. The third kappa shape index (κ3) is 7.81. The third-order valence-corrected chi connectivity index (χ3v) is 2.80. The van der Waals surface area contributed by atoms with Gasteiger partial charge in [-0.05, 0) is 37.1 Å². The van der Waals surface area contributed by atoms with E-state index in [0.29, 0.717) is 31.7 Å². The van der Waals surface area contributed by atoms with Crippen LogP contribution in [0.15, 0.2) is 24.3 Å². The predicted octanol–water partition coefficient (Wildman–Crippen LogP) is 1.84. The molecule has 0 fully saturated rings. The molecule has 0 aromatic heterocycles. The minimum absolute atomic E-state index is 0.0983. The number of unbranched alkanes of at least 4 members (excludes halogenated alkanes) is 1. The molecule has 0 atom stereocenters. The first-order chi connectivity index (χ1) is 10.1. The van der Waals surface area contributed by atoms with Crippen LogP contribution in [0, 0.1) is 0 Å². The summed E-state index contributed by atoms with van der Waals surface area (Å²) >= 11 is 0. The Morgan fingerprint density at radius 3 is 2.38 bits per heavy atom. The average Bonchev–Trinajstić information content (AvgIpc) is 2.47. The van der Waals surface area contributed by atoms with Crippen LogP contribution in [0.5, 0.6) is 11.5 Å². The van der Waals surface area contributed by atoms with Gasteiger partial charge in [-0.25, -0.2) is 0 Å². The second kappa shape index (κ2) is 9.63. The highest BCUT2D eigenvalue weighted by Gasteiger charge is 2.02. The van der Waals surface area contributed by atoms with E-state index in [4.69, 9.17) is 14.6 Å². The van der Waals surface area contributed by atoms with Crippen LogP contribution in [0.4, 0.5) is 0 Å². The summed E-state index contributed by atoms with van der Waals surface area (Å²) in [6.45, 7) is 0.794. The number of ether oxygens (including phenoxy) is 2. The van der Waals surface area contributed by atoms with Crippen molar-refractivity contribution in [2.75, 3.05) is 20.3 Å². The van der Waals surface area contributed by atoms with E-state index in [0.717, 1.165) is 5.75 Å². The van der Waals surface area contributed by atoms with Gasteiger partial charge in [-0.15, -0.1) is 0 Å². The van der Waals surface area contributed by atoms with Gasteiger partial charge in [-0.2, -0.15) is 0 Å². The molecule has 0 saturated carbocycles. The molecule has 0 bridgehead atoms. The van der Waals surface area contributed by atoms with Crippen molar-refractivity contribution in [3.63, 3.8) is 0 Å². The monoisotopic (exact) mass is 295 g/mol. The number of rotatable bonds is 10. The van der Waals surface area contributed by atoms with Crippen molar-refractivity contribution in [1.29, 1.82) is 0 Å². The summed E-state index contributed by atoms with van der Waals surface area (Å²) in [4.78, 5) is 21.8. The molecular formula is C15H21NO5. The SMILES string of the molecule is COc1ccc(OCCC(=O)NCCCCC(=O)O)cc1. The first-order valence-corrected chi connectivity index (χ1v) is 6.87. The molecule has 2 N–H and O–H groups in total. The number of methoxy groups -OCH3 is 1. The Hall–Kier alpha value is -2.24. The van der Waals surface area contributed by atoms with Crippen LogP contribution in [-0.2, 0) is 9.59 Å². The Balaban J connectivity index is 2.08.